The molecule has 0 spiro atoms. The first-order chi connectivity index (χ1) is 17.1. The highest BCUT2D eigenvalue weighted by Crippen LogP contribution is 2.25. The smallest absolute Gasteiger partial charge is 0.261 e. The van der Waals surface area contributed by atoms with Gasteiger partial charge in [-0.2, -0.15) is 0 Å². The third-order valence-corrected chi connectivity index (χ3v) is 6.22. The number of carbonyl (C=O) groups is 2. The molecule has 0 aliphatic rings. The van der Waals surface area contributed by atoms with E-state index >= 15 is 0 Å². The third kappa shape index (κ3) is 5.87. The molecule has 0 fully saturated rings. The first-order valence-corrected chi connectivity index (χ1v) is 11.8. The van der Waals surface area contributed by atoms with E-state index in [4.69, 9.17) is 4.74 Å². The SMILES string of the molecule is CNC(=O)[C@@H](Cc1ccccc1)N(Cc1ccccc1C)C(=O)COc1cccc2ccccc12. The average molecular weight is 467 g/mol. The molecule has 5 nitrogen and oxygen atoms in total. The number of hydrogen-bond acceptors (Lipinski definition) is 3. The van der Waals surface area contributed by atoms with Gasteiger partial charge in [0.1, 0.15) is 11.8 Å². The van der Waals surface area contributed by atoms with E-state index in [2.05, 4.69) is 5.32 Å². The van der Waals surface area contributed by atoms with Crippen molar-refractivity contribution in [3.8, 4) is 5.75 Å². The summed E-state index contributed by atoms with van der Waals surface area (Å²) in [5.74, 6) is 0.193. The maximum atomic E-state index is 13.6. The second-order valence-corrected chi connectivity index (χ2v) is 8.53. The fraction of sp³-hybridized carbons (Fsp3) is 0.200. The van der Waals surface area contributed by atoms with Crippen LogP contribution in [0.3, 0.4) is 0 Å². The van der Waals surface area contributed by atoms with Crippen LogP contribution in [0.2, 0.25) is 0 Å². The predicted molar refractivity (Wildman–Crippen MR) is 139 cm³/mol. The zero-order valence-electron chi connectivity index (χ0n) is 20.1. The number of rotatable bonds is 9. The van der Waals surface area contributed by atoms with Gasteiger partial charge in [-0.3, -0.25) is 9.59 Å². The molecule has 35 heavy (non-hydrogen) atoms. The number of ether oxygens (including phenoxy) is 1. The van der Waals surface area contributed by atoms with Crippen LogP contribution in [0.25, 0.3) is 10.8 Å². The Labute approximate surface area is 206 Å². The van der Waals surface area contributed by atoms with Crippen molar-refractivity contribution in [1.29, 1.82) is 0 Å². The topological polar surface area (TPSA) is 58.6 Å². The van der Waals surface area contributed by atoms with Crippen molar-refractivity contribution in [3.63, 3.8) is 0 Å². The molecule has 0 bridgehead atoms. The van der Waals surface area contributed by atoms with Gasteiger partial charge in [-0.1, -0.05) is 91.0 Å². The third-order valence-electron chi connectivity index (χ3n) is 6.22. The zero-order valence-corrected chi connectivity index (χ0v) is 20.1. The minimum absolute atomic E-state index is 0.165. The second-order valence-electron chi connectivity index (χ2n) is 8.53. The normalized spacial score (nSPS) is 11.6. The summed E-state index contributed by atoms with van der Waals surface area (Å²) in [5.41, 5.74) is 3.04. The van der Waals surface area contributed by atoms with Crippen molar-refractivity contribution in [2.45, 2.75) is 25.9 Å². The summed E-state index contributed by atoms with van der Waals surface area (Å²) < 4.78 is 6.02. The van der Waals surface area contributed by atoms with Crippen LogP contribution in [0, 0.1) is 6.92 Å². The summed E-state index contributed by atoms with van der Waals surface area (Å²) in [6.07, 6.45) is 0.409. The predicted octanol–water partition coefficient (Wildman–Crippen LogP) is 4.91. The van der Waals surface area contributed by atoms with Gasteiger partial charge in [0.05, 0.1) is 0 Å². The number of hydrogen-bond donors (Lipinski definition) is 1. The first kappa shape index (κ1) is 24.0. The number of aryl methyl sites for hydroxylation is 1. The number of fused-ring (bicyclic) bond motifs is 1. The summed E-state index contributed by atoms with van der Waals surface area (Å²) >= 11 is 0. The average Bonchev–Trinajstić information content (AvgIpc) is 2.90. The van der Waals surface area contributed by atoms with Gasteiger partial charge in [0.15, 0.2) is 6.61 Å². The summed E-state index contributed by atoms with van der Waals surface area (Å²) in [6.45, 7) is 2.16. The lowest BCUT2D eigenvalue weighted by molar-refractivity contribution is -0.142. The van der Waals surface area contributed by atoms with Gasteiger partial charge in [-0.15, -0.1) is 0 Å². The van der Waals surface area contributed by atoms with Crippen molar-refractivity contribution in [3.05, 3.63) is 114 Å². The van der Waals surface area contributed by atoms with E-state index in [1.807, 2.05) is 104 Å². The van der Waals surface area contributed by atoms with Gasteiger partial charge in [0, 0.05) is 25.4 Å². The van der Waals surface area contributed by atoms with E-state index < -0.39 is 6.04 Å². The maximum Gasteiger partial charge on any atom is 0.261 e. The maximum absolute atomic E-state index is 13.6. The lowest BCUT2D eigenvalue weighted by atomic mass is 10.0. The zero-order chi connectivity index (χ0) is 24.6. The van der Waals surface area contributed by atoms with E-state index in [0.29, 0.717) is 18.7 Å². The molecule has 1 atom stereocenters. The van der Waals surface area contributed by atoms with Crippen LogP contribution in [0.1, 0.15) is 16.7 Å². The molecule has 0 saturated heterocycles. The van der Waals surface area contributed by atoms with Crippen molar-refractivity contribution in [2.24, 2.45) is 0 Å². The molecule has 0 aromatic heterocycles. The lowest BCUT2D eigenvalue weighted by Gasteiger charge is -2.31. The van der Waals surface area contributed by atoms with Gasteiger partial charge in [0.25, 0.3) is 5.91 Å². The van der Waals surface area contributed by atoms with Crippen LogP contribution >= 0.6 is 0 Å². The lowest BCUT2D eigenvalue weighted by Crippen LogP contribution is -2.51. The molecule has 4 aromatic rings. The molecule has 0 unspecified atom stereocenters. The van der Waals surface area contributed by atoms with Crippen LogP contribution in [0.5, 0.6) is 5.75 Å². The summed E-state index contributed by atoms with van der Waals surface area (Å²) in [4.78, 5) is 28.3. The Morgan fingerprint density at radius 3 is 2.31 bits per heavy atom. The van der Waals surface area contributed by atoms with Gasteiger partial charge in [0.2, 0.25) is 5.91 Å². The Balaban J connectivity index is 1.63. The highest BCUT2D eigenvalue weighted by atomic mass is 16.5. The van der Waals surface area contributed by atoms with Crippen LogP contribution in [-0.4, -0.2) is 36.4 Å². The molecule has 178 valence electrons. The molecule has 0 aliphatic heterocycles. The van der Waals surface area contributed by atoms with Crippen molar-refractivity contribution in [2.75, 3.05) is 13.7 Å². The summed E-state index contributed by atoms with van der Waals surface area (Å²) in [6, 6.07) is 30.7. The van der Waals surface area contributed by atoms with Crippen molar-refractivity contribution >= 4 is 22.6 Å². The molecule has 0 saturated carbocycles. The molecular weight excluding hydrogens is 436 g/mol. The highest BCUT2D eigenvalue weighted by molar-refractivity contribution is 5.90. The van der Waals surface area contributed by atoms with E-state index in [1.54, 1.807) is 11.9 Å². The van der Waals surface area contributed by atoms with E-state index in [1.165, 1.54) is 0 Å². The molecule has 2 amide bonds. The van der Waals surface area contributed by atoms with Crippen LogP contribution in [0.4, 0.5) is 0 Å². The quantitative estimate of drug-likeness (QED) is 0.381. The van der Waals surface area contributed by atoms with Gasteiger partial charge >= 0.3 is 0 Å². The van der Waals surface area contributed by atoms with Crippen LogP contribution in [-0.2, 0) is 22.6 Å². The fourth-order valence-electron chi connectivity index (χ4n) is 4.24. The Morgan fingerprint density at radius 2 is 1.54 bits per heavy atom. The first-order valence-electron chi connectivity index (χ1n) is 11.8. The summed E-state index contributed by atoms with van der Waals surface area (Å²) in [7, 11) is 1.60. The second kappa shape index (κ2) is 11.3. The molecule has 4 aromatic carbocycles. The number of nitrogens with one attached hydrogen (secondary N) is 1. The molecular formula is C30H30N2O3. The van der Waals surface area contributed by atoms with Gasteiger partial charge in [-0.05, 0) is 35.1 Å². The fourth-order valence-corrected chi connectivity index (χ4v) is 4.24. The Kier molecular flexibility index (Phi) is 7.78. The van der Waals surface area contributed by atoms with Gasteiger partial charge in [-0.25, -0.2) is 0 Å². The molecule has 4 rings (SSSR count). The number of benzene rings is 4. The minimum Gasteiger partial charge on any atom is -0.483 e. The number of likely N-dealkylation sites (N-methyl/N-ethyl adjacent to an activating group) is 1. The largest absolute Gasteiger partial charge is 0.483 e. The number of carbonyl (C=O) groups excluding carboxylic acids is 2. The highest BCUT2D eigenvalue weighted by Gasteiger charge is 2.30. The standard InChI is InChI=1S/C30H30N2O3/c1-22-11-6-7-15-25(22)20-32(27(30(34)31-2)19-23-12-4-3-5-13-23)29(33)21-35-28-18-10-16-24-14-8-9-17-26(24)28/h3-18,27H,19-21H2,1-2H3,(H,31,34)/t27-/m1/s1. The Morgan fingerprint density at radius 1 is 0.857 bits per heavy atom. The molecule has 5 heteroatoms. The molecule has 0 aliphatic carbocycles. The number of amides is 2. The van der Waals surface area contributed by atoms with E-state index in [9.17, 15) is 9.59 Å². The van der Waals surface area contributed by atoms with Crippen molar-refractivity contribution in [1.82, 2.24) is 10.2 Å². The monoisotopic (exact) mass is 466 g/mol. The Bertz CT molecular complexity index is 1300. The molecule has 1 N–H and O–H groups in total. The van der Waals surface area contributed by atoms with Crippen molar-refractivity contribution < 1.29 is 14.3 Å². The molecule has 0 heterocycles. The minimum atomic E-state index is -0.675. The van der Waals surface area contributed by atoms with E-state index in [-0.39, 0.29) is 18.4 Å². The van der Waals surface area contributed by atoms with Crippen LogP contribution < -0.4 is 10.1 Å². The van der Waals surface area contributed by atoms with Gasteiger partial charge < -0.3 is 15.0 Å². The summed E-state index contributed by atoms with van der Waals surface area (Å²) in [5, 5.41) is 4.73. The van der Waals surface area contributed by atoms with E-state index in [0.717, 1.165) is 27.5 Å². The van der Waals surface area contributed by atoms with Crippen LogP contribution in [0.15, 0.2) is 97.1 Å². The molecule has 0 radical (unpaired) electrons. The number of nitrogens with zero attached hydrogens (tertiary/aromatic N) is 1. The Hall–Kier alpha value is -4.12.